The van der Waals surface area contributed by atoms with Gasteiger partial charge in [-0.15, -0.1) is 0 Å². The van der Waals surface area contributed by atoms with Crippen LogP contribution in [0.25, 0.3) is 0 Å². The summed E-state index contributed by atoms with van der Waals surface area (Å²) in [5.41, 5.74) is 2.44. The summed E-state index contributed by atoms with van der Waals surface area (Å²) < 4.78 is 26.3. The number of rotatable bonds is 8. The number of benzene rings is 3. The van der Waals surface area contributed by atoms with E-state index in [4.69, 9.17) is 11.6 Å². The number of carbonyl (C=O) groups is 2. The third kappa shape index (κ3) is 6.15. The Hall–Kier alpha value is -3.36. The van der Waals surface area contributed by atoms with Crippen LogP contribution in [-0.4, -0.2) is 32.5 Å². The number of halogens is 1. The summed E-state index contributed by atoms with van der Waals surface area (Å²) in [4.78, 5) is 25.9. The molecule has 0 aromatic heterocycles. The summed E-state index contributed by atoms with van der Waals surface area (Å²) in [5, 5.41) is 5.89. The molecule has 3 aromatic rings. The molecular formula is C25H26ClN3O4S. The summed E-state index contributed by atoms with van der Waals surface area (Å²) >= 11 is 6.09. The second-order valence-electron chi connectivity index (χ2n) is 7.87. The fourth-order valence-corrected chi connectivity index (χ4v) is 4.89. The number of amides is 2. The van der Waals surface area contributed by atoms with Gasteiger partial charge in [0.05, 0.1) is 23.2 Å². The number of hydrogen-bond acceptors (Lipinski definition) is 4. The zero-order valence-electron chi connectivity index (χ0n) is 19.1. The van der Waals surface area contributed by atoms with Gasteiger partial charge in [0, 0.05) is 11.6 Å². The molecule has 9 heteroatoms. The lowest BCUT2D eigenvalue weighted by Gasteiger charge is -2.29. The third-order valence-corrected chi connectivity index (χ3v) is 6.69. The van der Waals surface area contributed by atoms with Gasteiger partial charge in [-0.2, -0.15) is 0 Å². The standard InChI is InChI=1S/C25H26ClN3O4S/c1-17-13-14-20(26)15-23(17)29(34(3,32)33)18(2)24(30)28-22-12-8-7-11-21(22)25(31)27-16-19-9-5-4-6-10-19/h4-15,18H,16H2,1-3H3,(H,27,31)(H,28,30)/t18-/m1/s1. The van der Waals surface area contributed by atoms with Gasteiger partial charge >= 0.3 is 0 Å². The minimum atomic E-state index is -3.82. The highest BCUT2D eigenvalue weighted by Gasteiger charge is 2.31. The quantitative estimate of drug-likeness (QED) is 0.481. The van der Waals surface area contributed by atoms with Gasteiger partial charge in [-0.3, -0.25) is 13.9 Å². The Bertz CT molecular complexity index is 1300. The predicted molar refractivity (Wildman–Crippen MR) is 136 cm³/mol. The molecule has 0 spiro atoms. The van der Waals surface area contributed by atoms with Gasteiger partial charge in [0.2, 0.25) is 15.9 Å². The summed E-state index contributed by atoms with van der Waals surface area (Å²) in [6, 6.07) is 19.7. The molecule has 0 aliphatic carbocycles. The lowest BCUT2D eigenvalue weighted by Crippen LogP contribution is -2.45. The molecule has 0 bridgehead atoms. The van der Waals surface area contributed by atoms with Crippen molar-refractivity contribution in [3.8, 4) is 0 Å². The molecule has 0 radical (unpaired) electrons. The van der Waals surface area contributed by atoms with Gasteiger partial charge in [0.1, 0.15) is 6.04 Å². The first-order valence-electron chi connectivity index (χ1n) is 10.6. The Balaban J connectivity index is 1.83. The second-order valence-corrected chi connectivity index (χ2v) is 10.2. The van der Waals surface area contributed by atoms with E-state index in [0.29, 0.717) is 22.8 Å². The van der Waals surface area contributed by atoms with Gasteiger partial charge in [-0.1, -0.05) is 60.1 Å². The van der Waals surface area contributed by atoms with E-state index in [1.165, 1.54) is 13.0 Å². The van der Waals surface area contributed by atoms with Crippen molar-refractivity contribution >= 4 is 44.8 Å². The Morgan fingerprint density at radius 2 is 1.65 bits per heavy atom. The van der Waals surface area contributed by atoms with Crippen LogP contribution in [0.3, 0.4) is 0 Å². The van der Waals surface area contributed by atoms with E-state index in [0.717, 1.165) is 16.1 Å². The first-order chi connectivity index (χ1) is 16.1. The second kappa shape index (κ2) is 10.7. The molecule has 1 atom stereocenters. The fourth-order valence-electron chi connectivity index (χ4n) is 3.50. The molecule has 178 valence electrons. The number of para-hydroxylation sites is 1. The van der Waals surface area contributed by atoms with Crippen LogP contribution in [0.1, 0.15) is 28.4 Å². The fraction of sp³-hybridized carbons (Fsp3) is 0.200. The number of nitrogens with one attached hydrogen (secondary N) is 2. The Kier molecular flexibility index (Phi) is 7.96. The van der Waals surface area contributed by atoms with Crippen molar-refractivity contribution in [2.45, 2.75) is 26.4 Å². The molecule has 2 N–H and O–H groups in total. The largest absolute Gasteiger partial charge is 0.348 e. The Labute approximate surface area is 204 Å². The van der Waals surface area contributed by atoms with Gasteiger partial charge in [-0.05, 0) is 49.2 Å². The van der Waals surface area contributed by atoms with Gasteiger partial charge < -0.3 is 10.6 Å². The number of hydrogen-bond donors (Lipinski definition) is 2. The SMILES string of the molecule is Cc1ccc(Cl)cc1N([C@H](C)C(=O)Nc1ccccc1C(=O)NCc1ccccc1)S(C)(=O)=O. The highest BCUT2D eigenvalue weighted by atomic mass is 35.5. The summed E-state index contributed by atoms with van der Waals surface area (Å²) in [7, 11) is -3.82. The summed E-state index contributed by atoms with van der Waals surface area (Å²) in [6.45, 7) is 3.55. The maximum atomic E-state index is 13.1. The van der Waals surface area contributed by atoms with E-state index < -0.39 is 22.0 Å². The van der Waals surface area contributed by atoms with Gasteiger partial charge in [-0.25, -0.2) is 8.42 Å². The zero-order chi connectivity index (χ0) is 24.9. The van der Waals surface area contributed by atoms with E-state index in [-0.39, 0.29) is 17.2 Å². The van der Waals surface area contributed by atoms with Crippen LogP contribution in [0, 0.1) is 6.92 Å². The molecule has 2 amide bonds. The molecule has 0 saturated heterocycles. The monoisotopic (exact) mass is 499 g/mol. The van der Waals surface area contributed by atoms with Crippen LogP contribution in [0.15, 0.2) is 72.8 Å². The average molecular weight is 500 g/mol. The highest BCUT2D eigenvalue weighted by Crippen LogP contribution is 2.29. The van der Waals surface area contributed by atoms with Crippen LogP contribution in [0.5, 0.6) is 0 Å². The minimum absolute atomic E-state index is 0.267. The summed E-state index contributed by atoms with van der Waals surface area (Å²) in [5.74, 6) is -0.953. The molecule has 7 nitrogen and oxygen atoms in total. The Morgan fingerprint density at radius 1 is 1.00 bits per heavy atom. The number of anilines is 2. The van der Waals surface area contributed by atoms with E-state index in [1.807, 2.05) is 30.3 Å². The molecule has 0 aliphatic rings. The van der Waals surface area contributed by atoms with Crippen molar-refractivity contribution in [3.05, 3.63) is 94.5 Å². The van der Waals surface area contributed by atoms with Crippen LogP contribution in [0.4, 0.5) is 11.4 Å². The molecule has 34 heavy (non-hydrogen) atoms. The zero-order valence-corrected chi connectivity index (χ0v) is 20.7. The van der Waals surface area contributed by atoms with Crippen molar-refractivity contribution in [2.24, 2.45) is 0 Å². The number of nitrogens with zero attached hydrogens (tertiary/aromatic N) is 1. The molecule has 0 heterocycles. The van der Waals surface area contributed by atoms with Gasteiger partial charge in [0.15, 0.2) is 0 Å². The number of aryl methyl sites for hydroxylation is 1. The molecule has 0 fully saturated rings. The van der Waals surface area contributed by atoms with Crippen molar-refractivity contribution in [1.29, 1.82) is 0 Å². The van der Waals surface area contributed by atoms with Crippen molar-refractivity contribution in [2.75, 3.05) is 15.9 Å². The molecule has 3 rings (SSSR count). The molecule has 0 saturated carbocycles. The number of sulfonamides is 1. The highest BCUT2D eigenvalue weighted by molar-refractivity contribution is 7.92. The smallest absolute Gasteiger partial charge is 0.253 e. The molecular weight excluding hydrogens is 474 g/mol. The maximum Gasteiger partial charge on any atom is 0.253 e. The number of carbonyl (C=O) groups excluding carboxylic acids is 2. The van der Waals surface area contributed by atoms with Crippen molar-refractivity contribution in [1.82, 2.24) is 5.32 Å². The Morgan fingerprint density at radius 3 is 2.32 bits per heavy atom. The van der Waals surface area contributed by atoms with Crippen LogP contribution in [-0.2, 0) is 21.4 Å². The molecule has 0 aliphatic heterocycles. The topological polar surface area (TPSA) is 95.6 Å². The third-order valence-electron chi connectivity index (χ3n) is 5.22. The van der Waals surface area contributed by atoms with E-state index >= 15 is 0 Å². The molecule has 0 unspecified atom stereocenters. The van der Waals surface area contributed by atoms with E-state index in [2.05, 4.69) is 10.6 Å². The van der Waals surface area contributed by atoms with Crippen LogP contribution >= 0.6 is 11.6 Å². The minimum Gasteiger partial charge on any atom is -0.348 e. The normalized spacial score (nSPS) is 12.0. The lowest BCUT2D eigenvalue weighted by atomic mass is 10.1. The van der Waals surface area contributed by atoms with Gasteiger partial charge in [0.25, 0.3) is 5.91 Å². The van der Waals surface area contributed by atoms with Crippen LogP contribution < -0.4 is 14.9 Å². The maximum absolute atomic E-state index is 13.1. The lowest BCUT2D eigenvalue weighted by molar-refractivity contribution is -0.116. The molecule has 3 aromatic carbocycles. The summed E-state index contributed by atoms with van der Waals surface area (Å²) in [6.07, 6.45) is 1.03. The average Bonchev–Trinajstić information content (AvgIpc) is 2.80. The van der Waals surface area contributed by atoms with Crippen LogP contribution in [0.2, 0.25) is 5.02 Å². The van der Waals surface area contributed by atoms with Crippen molar-refractivity contribution in [3.63, 3.8) is 0 Å². The first-order valence-corrected chi connectivity index (χ1v) is 12.8. The van der Waals surface area contributed by atoms with Crippen molar-refractivity contribution < 1.29 is 18.0 Å². The first kappa shape index (κ1) is 25.3. The van der Waals surface area contributed by atoms with E-state index in [1.54, 1.807) is 43.3 Å². The predicted octanol–water partition coefficient (Wildman–Crippen LogP) is 4.37. The van der Waals surface area contributed by atoms with E-state index in [9.17, 15) is 18.0 Å².